The van der Waals surface area contributed by atoms with E-state index in [1.165, 1.54) is 11.6 Å². The van der Waals surface area contributed by atoms with Gasteiger partial charge in [0.05, 0.1) is 0 Å². The van der Waals surface area contributed by atoms with Crippen LogP contribution in [0.5, 0.6) is 11.5 Å². The highest BCUT2D eigenvalue weighted by atomic mass is 16.3. The third-order valence-electron chi connectivity index (χ3n) is 3.19. The van der Waals surface area contributed by atoms with Gasteiger partial charge in [-0.05, 0) is 55.2 Å². The molecule has 2 heteroatoms. The molecule has 17 heavy (non-hydrogen) atoms. The van der Waals surface area contributed by atoms with Crippen LogP contribution in [-0.2, 0) is 0 Å². The minimum absolute atomic E-state index is 0.0780. The summed E-state index contributed by atoms with van der Waals surface area (Å²) in [6, 6.07) is 8.84. The van der Waals surface area contributed by atoms with Crippen LogP contribution in [0.15, 0.2) is 30.3 Å². The summed E-state index contributed by atoms with van der Waals surface area (Å²) < 4.78 is 0. The second-order valence-corrected chi connectivity index (χ2v) is 4.40. The number of phenolic OH excluding ortho intramolecular Hbond substituents is 2. The van der Waals surface area contributed by atoms with Crippen LogP contribution in [0, 0.1) is 20.8 Å². The van der Waals surface area contributed by atoms with Crippen molar-refractivity contribution in [2.75, 3.05) is 0 Å². The van der Waals surface area contributed by atoms with Crippen LogP contribution in [0.1, 0.15) is 16.7 Å². The molecule has 0 unspecified atom stereocenters. The Morgan fingerprint density at radius 3 is 2.12 bits per heavy atom. The van der Waals surface area contributed by atoms with Crippen LogP contribution in [0.25, 0.3) is 11.1 Å². The number of hydrogen-bond acceptors (Lipinski definition) is 2. The molecule has 0 radical (unpaired) electrons. The number of phenols is 2. The maximum Gasteiger partial charge on any atom is 0.127 e. The van der Waals surface area contributed by atoms with Gasteiger partial charge in [-0.2, -0.15) is 0 Å². The van der Waals surface area contributed by atoms with Gasteiger partial charge < -0.3 is 10.2 Å². The van der Waals surface area contributed by atoms with E-state index in [1.807, 2.05) is 19.9 Å². The average Bonchev–Trinajstić information content (AvgIpc) is 2.27. The van der Waals surface area contributed by atoms with E-state index in [4.69, 9.17) is 0 Å². The van der Waals surface area contributed by atoms with Crippen molar-refractivity contribution in [3.63, 3.8) is 0 Å². The smallest absolute Gasteiger partial charge is 0.127 e. The Bertz CT molecular complexity index is 571. The van der Waals surface area contributed by atoms with Crippen molar-refractivity contribution < 1.29 is 10.2 Å². The fraction of sp³-hybridized carbons (Fsp3) is 0.200. The van der Waals surface area contributed by atoms with Crippen molar-refractivity contribution in [2.24, 2.45) is 0 Å². The first kappa shape index (κ1) is 11.5. The van der Waals surface area contributed by atoms with Gasteiger partial charge in [0.25, 0.3) is 0 Å². The summed E-state index contributed by atoms with van der Waals surface area (Å²) in [6.45, 7) is 6.12. The molecule has 0 heterocycles. The molecule has 2 aromatic rings. The van der Waals surface area contributed by atoms with Gasteiger partial charge >= 0.3 is 0 Å². The lowest BCUT2D eigenvalue weighted by Gasteiger charge is -2.14. The van der Waals surface area contributed by atoms with E-state index in [0.29, 0.717) is 0 Å². The Hall–Kier alpha value is -1.96. The van der Waals surface area contributed by atoms with Gasteiger partial charge in [-0.15, -0.1) is 0 Å². The molecule has 0 aliphatic heterocycles. The van der Waals surface area contributed by atoms with Crippen molar-refractivity contribution in [1.82, 2.24) is 0 Å². The van der Waals surface area contributed by atoms with Crippen molar-refractivity contribution in [3.05, 3.63) is 47.0 Å². The first-order chi connectivity index (χ1) is 8.00. The highest BCUT2D eigenvalue weighted by Crippen LogP contribution is 2.36. The standard InChI is InChI=1S/C15H16O2/c1-9-4-5-10(2)15(11(9)3)13-7-6-12(16)8-14(13)17/h4-8,16-17H,1-3H3. The summed E-state index contributed by atoms with van der Waals surface area (Å²) >= 11 is 0. The Balaban J connectivity index is 2.72. The Labute approximate surface area is 101 Å². The molecule has 2 aromatic carbocycles. The zero-order valence-electron chi connectivity index (χ0n) is 10.3. The molecule has 0 saturated carbocycles. The second-order valence-electron chi connectivity index (χ2n) is 4.40. The van der Waals surface area contributed by atoms with Crippen LogP contribution in [-0.4, -0.2) is 10.2 Å². The molecule has 88 valence electrons. The lowest BCUT2D eigenvalue weighted by molar-refractivity contribution is 0.452. The molecule has 0 atom stereocenters. The van der Waals surface area contributed by atoms with E-state index in [-0.39, 0.29) is 11.5 Å². The van der Waals surface area contributed by atoms with Crippen LogP contribution >= 0.6 is 0 Å². The molecule has 2 nitrogen and oxygen atoms in total. The summed E-state index contributed by atoms with van der Waals surface area (Å²) in [6.07, 6.45) is 0. The maximum atomic E-state index is 9.92. The van der Waals surface area contributed by atoms with Crippen LogP contribution in [0.3, 0.4) is 0 Å². The van der Waals surface area contributed by atoms with E-state index in [0.717, 1.165) is 22.3 Å². The zero-order valence-corrected chi connectivity index (χ0v) is 10.3. The summed E-state index contributed by atoms with van der Waals surface area (Å²) in [5.74, 6) is 0.191. The summed E-state index contributed by atoms with van der Waals surface area (Å²) in [5, 5.41) is 19.2. The SMILES string of the molecule is Cc1ccc(C)c(-c2ccc(O)cc2O)c1C. The van der Waals surface area contributed by atoms with Gasteiger partial charge in [0.2, 0.25) is 0 Å². The first-order valence-corrected chi connectivity index (χ1v) is 5.60. The fourth-order valence-electron chi connectivity index (χ4n) is 2.10. The van der Waals surface area contributed by atoms with Crippen LogP contribution < -0.4 is 0 Å². The molecular weight excluding hydrogens is 212 g/mol. The van der Waals surface area contributed by atoms with E-state index < -0.39 is 0 Å². The molecule has 2 rings (SSSR count). The molecule has 0 aromatic heterocycles. The monoisotopic (exact) mass is 228 g/mol. The summed E-state index contributed by atoms with van der Waals surface area (Å²) in [5.41, 5.74) is 5.28. The van der Waals surface area contributed by atoms with Gasteiger partial charge in [-0.1, -0.05) is 12.1 Å². The average molecular weight is 228 g/mol. The highest BCUT2D eigenvalue weighted by molar-refractivity contribution is 5.77. The highest BCUT2D eigenvalue weighted by Gasteiger charge is 2.11. The molecule has 0 fully saturated rings. The summed E-state index contributed by atoms with van der Waals surface area (Å²) in [4.78, 5) is 0. The minimum Gasteiger partial charge on any atom is -0.508 e. The Morgan fingerprint density at radius 1 is 0.824 bits per heavy atom. The van der Waals surface area contributed by atoms with Gasteiger partial charge in [-0.3, -0.25) is 0 Å². The van der Waals surface area contributed by atoms with Crippen molar-refractivity contribution in [2.45, 2.75) is 20.8 Å². The number of aromatic hydroxyl groups is 2. The zero-order chi connectivity index (χ0) is 12.6. The predicted octanol–water partition coefficient (Wildman–Crippen LogP) is 3.69. The quantitative estimate of drug-likeness (QED) is 0.781. The topological polar surface area (TPSA) is 40.5 Å². The molecule has 0 saturated heterocycles. The molecule has 0 spiro atoms. The number of hydrogen-bond donors (Lipinski definition) is 2. The molecule has 0 aliphatic rings. The van der Waals surface area contributed by atoms with Gasteiger partial charge in [0, 0.05) is 11.6 Å². The van der Waals surface area contributed by atoms with Crippen LogP contribution in [0.2, 0.25) is 0 Å². The largest absolute Gasteiger partial charge is 0.508 e. The fourth-order valence-corrected chi connectivity index (χ4v) is 2.10. The minimum atomic E-state index is 0.0780. The van der Waals surface area contributed by atoms with E-state index in [2.05, 4.69) is 13.0 Å². The maximum absolute atomic E-state index is 9.92. The van der Waals surface area contributed by atoms with E-state index in [9.17, 15) is 10.2 Å². The third-order valence-corrected chi connectivity index (χ3v) is 3.19. The Kier molecular flexibility index (Phi) is 2.80. The summed E-state index contributed by atoms with van der Waals surface area (Å²) in [7, 11) is 0. The third kappa shape index (κ3) is 1.98. The van der Waals surface area contributed by atoms with E-state index >= 15 is 0 Å². The normalized spacial score (nSPS) is 10.5. The van der Waals surface area contributed by atoms with E-state index in [1.54, 1.807) is 12.1 Å². The number of benzene rings is 2. The number of aryl methyl sites for hydroxylation is 2. The lowest BCUT2D eigenvalue weighted by atomic mass is 9.92. The molecule has 0 amide bonds. The van der Waals surface area contributed by atoms with Gasteiger partial charge in [0.15, 0.2) is 0 Å². The van der Waals surface area contributed by atoms with Crippen molar-refractivity contribution in [3.8, 4) is 22.6 Å². The van der Waals surface area contributed by atoms with Gasteiger partial charge in [0.1, 0.15) is 11.5 Å². The Morgan fingerprint density at radius 2 is 1.47 bits per heavy atom. The lowest BCUT2D eigenvalue weighted by Crippen LogP contribution is -1.91. The van der Waals surface area contributed by atoms with Crippen molar-refractivity contribution >= 4 is 0 Å². The number of rotatable bonds is 1. The predicted molar refractivity (Wildman–Crippen MR) is 69.4 cm³/mol. The van der Waals surface area contributed by atoms with Crippen LogP contribution in [0.4, 0.5) is 0 Å². The first-order valence-electron chi connectivity index (χ1n) is 5.60. The molecular formula is C15H16O2. The molecule has 0 aliphatic carbocycles. The second kappa shape index (κ2) is 4.13. The molecule has 2 N–H and O–H groups in total. The molecule has 0 bridgehead atoms. The van der Waals surface area contributed by atoms with Gasteiger partial charge in [-0.25, -0.2) is 0 Å². The van der Waals surface area contributed by atoms with Crippen molar-refractivity contribution in [1.29, 1.82) is 0 Å².